The Balaban J connectivity index is 1.85. The Kier molecular flexibility index (Phi) is 5.73. The second-order valence-corrected chi connectivity index (χ2v) is 6.75. The van der Waals surface area contributed by atoms with Gasteiger partial charge in [-0.15, -0.1) is 0 Å². The van der Waals surface area contributed by atoms with E-state index >= 15 is 0 Å². The minimum Gasteiger partial charge on any atom is -0.496 e. The minimum absolute atomic E-state index is 0.209. The first-order valence-corrected chi connectivity index (χ1v) is 8.96. The zero-order valence-electron chi connectivity index (χ0n) is 15.3. The van der Waals surface area contributed by atoms with Crippen LogP contribution in [0.1, 0.15) is 49.0 Å². The number of para-hydroxylation sites is 1. The van der Waals surface area contributed by atoms with Gasteiger partial charge < -0.3 is 19.7 Å². The Morgan fingerprint density at radius 2 is 2.04 bits per heavy atom. The molecule has 1 heterocycles. The van der Waals surface area contributed by atoms with Crippen LogP contribution in [0.25, 0.3) is 0 Å². The molecule has 0 spiro atoms. The van der Waals surface area contributed by atoms with Gasteiger partial charge in [-0.05, 0) is 25.3 Å². The molecule has 1 saturated carbocycles. The van der Waals surface area contributed by atoms with Gasteiger partial charge in [-0.3, -0.25) is 9.59 Å². The van der Waals surface area contributed by atoms with E-state index in [0.717, 1.165) is 6.42 Å². The van der Waals surface area contributed by atoms with Gasteiger partial charge in [0.25, 0.3) is 0 Å². The Hall–Kier alpha value is -2.90. The number of carbonyl (C=O) groups excluding carboxylic acids is 1. The average molecular weight is 373 g/mol. The molecule has 1 amide bonds. The molecule has 3 unspecified atom stereocenters. The van der Waals surface area contributed by atoms with Crippen molar-refractivity contribution < 1.29 is 24.0 Å². The molecular weight excluding hydrogens is 350 g/mol. The molecule has 2 aromatic rings. The Labute approximate surface area is 156 Å². The molecule has 1 aromatic carbocycles. The topological polar surface area (TPSA) is 115 Å². The van der Waals surface area contributed by atoms with Gasteiger partial charge in [0.15, 0.2) is 5.82 Å². The van der Waals surface area contributed by atoms with Gasteiger partial charge in [-0.2, -0.15) is 4.98 Å². The average Bonchev–Trinajstić information content (AvgIpc) is 3.12. The van der Waals surface area contributed by atoms with Crippen LogP contribution in [0.5, 0.6) is 5.75 Å². The van der Waals surface area contributed by atoms with Crippen molar-refractivity contribution in [1.29, 1.82) is 0 Å². The molecule has 8 heteroatoms. The van der Waals surface area contributed by atoms with E-state index in [2.05, 4.69) is 15.5 Å². The van der Waals surface area contributed by atoms with Gasteiger partial charge >= 0.3 is 5.97 Å². The lowest BCUT2D eigenvalue weighted by Gasteiger charge is -2.27. The third-order valence-corrected chi connectivity index (χ3v) is 4.93. The van der Waals surface area contributed by atoms with Gasteiger partial charge in [0.2, 0.25) is 11.8 Å². The van der Waals surface area contributed by atoms with E-state index in [9.17, 15) is 14.7 Å². The van der Waals surface area contributed by atoms with Crippen LogP contribution in [0.3, 0.4) is 0 Å². The van der Waals surface area contributed by atoms with Gasteiger partial charge in [0, 0.05) is 18.4 Å². The van der Waals surface area contributed by atoms with E-state index in [1.165, 1.54) is 0 Å². The van der Waals surface area contributed by atoms with Crippen LogP contribution >= 0.6 is 0 Å². The molecule has 3 atom stereocenters. The molecule has 2 N–H and O–H groups in total. The van der Waals surface area contributed by atoms with Crippen molar-refractivity contribution >= 4 is 11.9 Å². The number of carbonyl (C=O) groups is 2. The molecule has 0 radical (unpaired) electrons. The van der Waals surface area contributed by atoms with Crippen LogP contribution in [0.15, 0.2) is 28.8 Å². The molecule has 1 aliphatic carbocycles. The van der Waals surface area contributed by atoms with Gasteiger partial charge in [-0.25, -0.2) is 0 Å². The second-order valence-electron chi connectivity index (χ2n) is 6.75. The number of nitrogens with one attached hydrogen (secondary N) is 1. The zero-order chi connectivity index (χ0) is 19.4. The summed E-state index contributed by atoms with van der Waals surface area (Å²) in [7, 11) is 1.55. The van der Waals surface area contributed by atoms with Crippen molar-refractivity contribution in [3.63, 3.8) is 0 Å². The van der Waals surface area contributed by atoms with Crippen molar-refractivity contribution in [3.05, 3.63) is 41.5 Å². The highest BCUT2D eigenvalue weighted by Gasteiger charge is 2.33. The third kappa shape index (κ3) is 4.27. The van der Waals surface area contributed by atoms with E-state index in [1.807, 2.05) is 18.2 Å². The largest absolute Gasteiger partial charge is 0.496 e. The van der Waals surface area contributed by atoms with Crippen LogP contribution < -0.4 is 10.1 Å². The highest BCUT2D eigenvalue weighted by Crippen LogP contribution is 2.32. The number of hydrogen-bond acceptors (Lipinski definition) is 6. The van der Waals surface area contributed by atoms with E-state index in [1.54, 1.807) is 20.1 Å². The number of methoxy groups -OCH3 is 1. The first kappa shape index (κ1) is 18.9. The predicted molar refractivity (Wildman–Crippen MR) is 95.1 cm³/mol. The van der Waals surface area contributed by atoms with Crippen molar-refractivity contribution in [2.24, 2.45) is 11.8 Å². The molecule has 0 saturated heterocycles. The smallest absolute Gasteiger partial charge is 0.306 e. The maximum Gasteiger partial charge on any atom is 0.306 e. The summed E-state index contributed by atoms with van der Waals surface area (Å²) in [5, 5.41) is 16.2. The van der Waals surface area contributed by atoms with E-state index in [-0.39, 0.29) is 11.8 Å². The van der Waals surface area contributed by atoms with E-state index in [0.29, 0.717) is 42.3 Å². The number of nitrogens with zero attached hydrogens (tertiary/aromatic N) is 2. The second kappa shape index (κ2) is 8.20. The molecule has 1 aromatic heterocycles. The maximum absolute atomic E-state index is 12.9. The number of carboxylic acids is 1. The highest BCUT2D eigenvalue weighted by molar-refractivity contribution is 5.81. The molecule has 3 rings (SSSR count). The maximum atomic E-state index is 12.9. The molecule has 8 nitrogen and oxygen atoms in total. The number of benzene rings is 1. The lowest BCUT2D eigenvalue weighted by molar-refractivity contribution is -0.144. The van der Waals surface area contributed by atoms with E-state index in [4.69, 9.17) is 9.26 Å². The number of ether oxygens (including phenoxy) is 1. The fourth-order valence-electron chi connectivity index (χ4n) is 3.53. The summed E-state index contributed by atoms with van der Waals surface area (Å²) < 4.78 is 10.5. The molecular formula is C19H23N3O5. The van der Waals surface area contributed by atoms with Crippen LogP contribution in [0, 0.1) is 18.8 Å². The summed E-state index contributed by atoms with van der Waals surface area (Å²) in [5.74, 6) is -0.574. The fourth-order valence-corrected chi connectivity index (χ4v) is 3.53. The summed E-state index contributed by atoms with van der Waals surface area (Å²) in [5.41, 5.74) is 0.708. The van der Waals surface area contributed by atoms with Crippen LogP contribution in [0.2, 0.25) is 0 Å². The lowest BCUT2D eigenvalue weighted by Crippen LogP contribution is -2.38. The summed E-state index contributed by atoms with van der Waals surface area (Å²) in [6.07, 6.45) is 2.33. The Bertz CT molecular complexity index is 819. The summed E-state index contributed by atoms with van der Waals surface area (Å²) in [4.78, 5) is 28.5. The molecule has 1 fully saturated rings. The first-order valence-electron chi connectivity index (χ1n) is 8.96. The highest BCUT2D eigenvalue weighted by atomic mass is 16.5. The summed E-state index contributed by atoms with van der Waals surface area (Å²) in [6.45, 7) is 1.68. The normalized spacial score (nSPS) is 20.7. The van der Waals surface area contributed by atoms with Gasteiger partial charge in [-0.1, -0.05) is 29.8 Å². The van der Waals surface area contributed by atoms with Crippen molar-refractivity contribution in [2.75, 3.05) is 7.11 Å². The molecule has 0 bridgehead atoms. The summed E-state index contributed by atoms with van der Waals surface area (Å²) >= 11 is 0. The lowest BCUT2D eigenvalue weighted by atomic mass is 9.81. The van der Waals surface area contributed by atoms with E-state index < -0.39 is 17.9 Å². The number of aliphatic carboxylic acids is 1. The van der Waals surface area contributed by atoms with Crippen LogP contribution in [0.4, 0.5) is 0 Å². The monoisotopic (exact) mass is 373 g/mol. The Morgan fingerprint density at radius 3 is 2.70 bits per heavy atom. The standard InChI is InChI=1S/C19H23N3O5/c1-11-20-17(22-27-11)16(14-8-3-4-9-15(14)26-2)21-18(23)12-6-5-7-13(10-12)19(24)25/h3-4,8-9,12-13,16H,5-7,10H2,1-2H3,(H,21,23)(H,24,25). The zero-order valence-corrected chi connectivity index (χ0v) is 15.3. The fraction of sp³-hybridized carbons (Fsp3) is 0.474. The van der Waals surface area contributed by atoms with Crippen molar-refractivity contribution in [3.8, 4) is 5.75 Å². The number of carboxylic acid groups (broad SMARTS) is 1. The first-order chi connectivity index (χ1) is 13.0. The predicted octanol–water partition coefficient (Wildman–Crippen LogP) is 2.48. The van der Waals surface area contributed by atoms with Crippen LogP contribution in [-0.2, 0) is 9.59 Å². The number of hydrogen-bond donors (Lipinski definition) is 2. The number of aromatic nitrogens is 2. The molecule has 27 heavy (non-hydrogen) atoms. The SMILES string of the molecule is COc1ccccc1C(NC(=O)C1CCCC(C(=O)O)C1)c1noc(C)n1. The third-order valence-electron chi connectivity index (χ3n) is 4.93. The number of aryl methyl sites for hydroxylation is 1. The van der Waals surface area contributed by atoms with Crippen LogP contribution in [-0.4, -0.2) is 34.2 Å². The number of amides is 1. The molecule has 144 valence electrons. The molecule has 1 aliphatic rings. The van der Waals surface area contributed by atoms with Crippen molar-refractivity contribution in [2.45, 2.75) is 38.6 Å². The Morgan fingerprint density at radius 1 is 1.30 bits per heavy atom. The molecule has 0 aliphatic heterocycles. The van der Waals surface area contributed by atoms with Gasteiger partial charge in [0.05, 0.1) is 13.0 Å². The number of rotatable bonds is 6. The van der Waals surface area contributed by atoms with Gasteiger partial charge in [0.1, 0.15) is 11.8 Å². The minimum atomic E-state index is -0.845. The van der Waals surface area contributed by atoms with Crippen molar-refractivity contribution in [1.82, 2.24) is 15.5 Å². The quantitative estimate of drug-likeness (QED) is 0.799. The summed E-state index contributed by atoms with van der Waals surface area (Å²) in [6, 6.07) is 6.65.